The minimum atomic E-state index is -0.808. The fraction of sp³-hybridized carbons (Fsp3) is 0.667. The van der Waals surface area contributed by atoms with Gasteiger partial charge >= 0.3 is 0 Å². The summed E-state index contributed by atoms with van der Waals surface area (Å²) in [6.07, 6.45) is 2.40. The number of aromatic nitrogens is 2. The average molecular weight is 212 g/mol. The number of hydrogen-bond donors (Lipinski definition) is 2. The molecule has 0 radical (unpaired) electrons. The summed E-state index contributed by atoms with van der Waals surface area (Å²) in [4.78, 5) is 15.4. The Labute approximate surface area is 88.2 Å². The number of carbonyl (C=O) groups excluding carboxylic acids is 1. The summed E-state index contributed by atoms with van der Waals surface area (Å²) in [5, 5.41) is 6.35. The number of carbonyl (C=O) groups is 1. The van der Waals surface area contributed by atoms with Crippen LogP contribution in [0, 0.1) is 0 Å². The third-order valence-electron chi connectivity index (χ3n) is 2.29. The van der Waals surface area contributed by atoms with Crippen LogP contribution in [0.5, 0.6) is 0 Å². The molecule has 3 N–H and O–H groups in total. The second kappa shape index (κ2) is 4.88. The first-order valence-corrected chi connectivity index (χ1v) is 4.88. The van der Waals surface area contributed by atoms with Crippen molar-refractivity contribution >= 4 is 5.91 Å². The van der Waals surface area contributed by atoms with Gasteiger partial charge < -0.3 is 15.6 Å². The van der Waals surface area contributed by atoms with Crippen molar-refractivity contribution in [2.45, 2.75) is 32.2 Å². The molecule has 0 aliphatic heterocycles. The molecule has 1 aromatic rings. The van der Waals surface area contributed by atoms with Gasteiger partial charge in [0.1, 0.15) is 0 Å². The van der Waals surface area contributed by atoms with Gasteiger partial charge in [-0.3, -0.25) is 4.79 Å². The molecule has 0 aromatic carbocycles. The predicted octanol–water partition coefficient (Wildman–Crippen LogP) is -0.144. The molecule has 0 saturated heterocycles. The van der Waals surface area contributed by atoms with E-state index in [9.17, 15) is 4.79 Å². The Kier molecular flexibility index (Phi) is 3.79. The van der Waals surface area contributed by atoms with Crippen molar-refractivity contribution in [2.75, 3.05) is 6.54 Å². The first-order chi connectivity index (χ1) is 7.06. The van der Waals surface area contributed by atoms with E-state index in [0.29, 0.717) is 25.2 Å². The monoisotopic (exact) mass is 212 g/mol. The number of nitrogens with zero attached hydrogens (tertiary/aromatic N) is 2. The van der Waals surface area contributed by atoms with E-state index in [1.165, 1.54) is 6.39 Å². The minimum absolute atomic E-state index is 0.159. The van der Waals surface area contributed by atoms with Crippen molar-refractivity contribution in [1.82, 2.24) is 15.5 Å². The molecule has 1 aromatic heterocycles. The Morgan fingerprint density at radius 3 is 3.00 bits per heavy atom. The lowest BCUT2D eigenvalue weighted by Crippen LogP contribution is -2.51. The van der Waals surface area contributed by atoms with Crippen molar-refractivity contribution < 1.29 is 9.32 Å². The highest BCUT2D eigenvalue weighted by atomic mass is 16.5. The zero-order valence-electron chi connectivity index (χ0n) is 8.99. The van der Waals surface area contributed by atoms with E-state index < -0.39 is 5.54 Å². The molecule has 1 heterocycles. The summed E-state index contributed by atoms with van der Waals surface area (Å²) >= 11 is 0. The summed E-state index contributed by atoms with van der Waals surface area (Å²) in [6.45, 7) is 4.04. The average Bonchev–Trinajstić information content (AvgIpc) is 2.70. The number of nitrogens with two attached hydrogens (primary N) is 1. The molecule has 0 fully saturated rings. The Balaban J connectivity index is 2.29. The number of nitrogens with one attached hydrogen (secondary N) is 1. The topological polar surface area (TPSA) is 94.0 Å². The molecular weight excluding hydrogens is 196 g/mol. The number of rotatable bonds is 5. The standard InChI is InChI=1S/C9H16N4O2/c1-3-9(2,10)8(14)11-5-4-7-12-6-15-13-7/h6H,3-5,10H2,1-2H3,(H,11,14). The van der Waals surface area contributed by atoms with Crippen LogP contribution in [0.25, 0.3) is 0 Å². The van der Waals surface area contributed by atoms with Crippen molar-refractivity contribution in [1.29, 1.82) is 0 Å². The van der Waals surface area contributed by atoms with Crippen LogP contribution in [0.1, 0.15) is 26.1 Å². The fourth-order valence-corrected chi connectivity index (χ4v) is 0.953. The molecular formula is C9H16N4O2. The summed E-state index contributed by atoms with van der Waals surface area (Å²) in [5.41, 5.74) is 4.95. The Morgan fingerprint density at radius 2 is 2.47 bits per heavy atom. The molecule has 1 atom stereocenters. The minimum Gasteiger partial charge on any atom is -0.354 e. The van der Waals surface area contributed by atoms with Gasteiger partial charge in [0.05, 0.1) is 5.54 Å². The number of amides is 1. The zero-order chi connectivity index (χ0) is 11.3. The van der Waals surface area contributed by atoms with E-state index in [-0.39, 0.29) is 5.91 Å². The Bertz CT molecular complexity index is 308. The smallest absolute Gasteiger partial charge is 0.239 e. The molecule has 6 heteroatoms. The summed E-state index contributed by atoms with van der Waals surface area (Å²) in [5.74, 6) is 0.416. The highest BCUT2D eigenvalue weighted by Gasteiger charge is 2.25. The molecule has 0 bridgehead atoms. The predicted molar refractivity (Wildman–Crippen MR) is 53.9 cm³/mol. The maximum atomic E-state index is 11.5. The lowest BCUT2D eigenvalue weighted by atomic mass is 10.00. The maximum Gasteiger partial charge on any atom is 0.239 e. The van der Waals surface area contributed by atoms with Crippen molar-refractivity contribution in [3.8, 4) is 0 Å². The fourth-order valence-electron chi connectivity index (χ4n) is 0.953. The van der Waals surface area contributed by atoms with E-state index in [1.54, 1.807) is 6.92 Å². The second-order valence-corrected chi connectivity index (χ2v) is 3.62. The van der Waals surface area contributed by atoms with E-state index in [0.717, 1.165) is 0 Å². The third-order valence-corrected chi connectivity index (χ3v) is 2.29. The first-order valence-electron chi connectivity index (χ1n) is 4.88. The SMILES string of the molecule is CCC(C)(N)C(=O)NCCc1ncon1. The summed E-state index contributed by atoms with van der Waals surface area (Å²) in [6, 6.07) is 0. The highest BCUT2D eigenvalue weighted by molar-refractivity contribution is 5.85. The van der Waals surface area contributed by atoms with E-state index in [4.69, 9.17) is 5.73 Å². The van der Waals surface area contributed by atoms with Gasteiger partial charge in [0.2, 0.25) is 12.3 Å². The van der Waals surface area contributed by atoms with Gasteiger partial charge in [0, 0.05) is 13.0 Å². The largest absolute Gasteiger partial charge is 0.354 e. The van der Waals surface area contributed by atoms with Crippen LogP contribution in [0.3, 0.4) is 0 Å². The molecule has 84 valence electrons. The Hall–Kier alpha value is -1.43. The van der Waals surface area contributed by atoms with Crippen LogP contribution in [-0.2, 0) is 11.2 Å². The molecule has 15 heavy (non-hydrogen) atoms. The Morgan fingerprint density at radius 1 is 1.73 bits per heavy atom. The van der Waals surface area contributed by atoms with Crippen LogP contribution in [0.15, 0.2) is 10.9 Å². The summed E-state index contributed by atoms with van der Waals surface area (Å²) < 4.78 is 4.56. The normalized spacial score (nSPS) is 14.6. The molecule has 0 aliphatic carbocycles. The third kappa shape index (κ3) is 3.32. The molecule has 1 rings (SSSR count). The molecule has 6 nitrogen and oxygen atoms in total. The van der Waals surface area contributed by atoms with Crippen molar-refractivity contribution in [2.24, 2.45) is 5.73 Å². The van der Waals surface area contributed by atoms with Crippen LogP contribution in [0.4, 0.5) is 0 Å². The van der Waals surface area contributed by atoms with E-state index in [2.05, 4.69) is 20.0 Å². The van der Waals surface area contributed by atoms with E-state index >= 15 is 0 Å². The first kappa shape index (κ1) is 11.6. The molecule has 0 spiro atoms. The van der Waals surface area contributed by atoms with E-state index in [1.807, 2.05) is 6.92 Å². The van der Waals surface area contributed by atoms with Crippen LogP contribution >= 0.6 is 0 Å². The lowest BCUT2D eigenvalue weighted by molar-refractivity contribution is -0.125. The maximum absolute atomic E-state index is 11.5. The van der Waals surface area contributed by atoms with Crippen LogP contribution < -0.4 is 11.1 Å². The second-order valence-electron chi connectivity index (χ2n) is 3.62. The summed E-state index contributed by atoms with van der Waals surface area (Å²) in [7, 11) is 0. The van der Waals surface area contributed by atoms with Crippen molar-refractivity contribution in [3.05, 3.63) is 12.2 Å². The van der Waals surface area contributed by atoms with Gasteiger partial charge in [0.25, 0.3) is 0 Å². The van der Waals surface area contributed by atoms with Crippen molar-refractivity contribution in [3.63, 3.8) is 0 Å². The number of hydrogen-bond acceptors (Lipinski definition) is 5. The van der Waals surface area contributed by atoms with Gasteiger partial charge in [-0.1, -0.05) is 12.1 Å². The quantitative estimate of drug-likeness (QED) is 0.708. The molecule has 0 aliphatic rings. The molecule has 1 unspecified atom stereocenters. The van der Waals surface area contributed by atoms with Gasteiger partial charge in [-0.15, -0.1) is 0 Å². The molecule has 0 saturated carbocycles. The zero-order valence-corrected chi connectivity index (χ0v) is 8.99. The van der Waals surface area contributed by atoms with Gasteiger partial charge in [-0.2, -0.15) is 4.98 Å². The van der Waals surface area contributed by atoms with Crippen LogP contribution in [-0.4, -0.2) is 28.1 Å². The van der Waals surface area contributed by atoms with Gasteiger partial charge in [-0.05, 0) is 13.3 Å². The lowest BCUT2D eigenvalue weighted by Gasteiger charge is -2.21. The van der Waals surface area contributed by atoms with Crippen LogP contribution in [0.2, 0.25) is 0 Å². The van der Waals surface area contributed by atoms with Gasteiger partial charge in [-0.25, -0.2) is 0 Å². The highest BCUT2D eigenvalue weighted by Crippen LogP contribution is 2.03. The molecule has 1 amide bonds. The van der Waals surface area contributed by atoms with Gasteiger partial charge in [0.15, 0.2) is 5.82 Å².